The molecule has 1 N–H and O–H groups in total. The highest BCUT2D eigenvalue weighted by atomic mass is 16.5. The second-order valence-corrected chi connectivity index (χ2v) is 6.00. The standard InChI is InChI=1S/C19H23NO/c1-19(14-18(20-2)12-13-21-19)17-10-8-16(9-11-17)15-6-4-3-5-7-15/h3-11,18,20H,12-14H2,1-2H3. The minimum absolute atomic E-state index is 0.179. The molecule has 0 amide bonds. The van der Waals surface area contributed by atoms with Crippen LogP contribution in [0.5, 0.6) is 0 Å². The van der Waals surface area contributed by atoms with Gasteiger partial charge in [0.25, 0.3) is 0 Å². The van der Waals surface area contributed by atoms with Gasteiger partial charge in [0.05, 0.1) is 5.60 Å². The predicted molar refractivity (Wildman–Crippen MR) is 87.3 cm³/mol. The molecule has 1 saturated heterocycles. The Balaban J connectivity index is 1.83. The molecular formula is C19H23NO. The number of hydrogen-bond donors (Lipinski definition) is 1. The predicted octanol–water partition coefficient (Wildman–Crippen LogP) is 3.97. The van der Waals surface area contributed by atoms with Gasteiger partial charge in [-0.3, -0.25) is 0 Å². The maximum absolute atomic E-state index is 6.09. The lowest BCUT2D eigenvalue weighted by Crippen LogP contribution is -2.42. The number of benzene rings is 2. The fourth-order valence-electron chi connectivity index (χ4n) is 3.15. The smallest absolute Gasteiger partial charge is 0.0918 e. The molecule has 0 saturated carbocycles. The summed E-state index contributed by atoms with van der Waals surface area (Å²) in [6, 6.07) is 19.8. The van der Waals surface area contributed by atoms with Gasteiger partial charge in [-0.2, -0.15) is 0 Å². The Labute approximate surface area is 127 Å². The molecule has 3 rings (SSSR count). The number of ether oxygens (including phenoxy) is 1. The molecule has 1 aliphatic rings. The van der Waals surface area contributed by atoms with Crippen LogP contribution >= 0.6 is 0 Å². The molecule has 0 radical (unpaired) electrons. The minimum Gasteiger partial charge on any atom is -0.370 e. The first-order valence-electron chi connectivity index (χ1n) is 7.68. The Morgan fingerprint density at radius 1 is 1.00 bits per heavy atom. The van der Waals surface area contributed by atoms with Gasteiger partial charge in [0.15, 0.2) is 0 Å². The summed E-state index contributed by atoms with van der Waals surface area (Å²) in [5.74, 6) is 0. The molecule has 0 spiro atoms. The second kappa shape index (κ2) is 6.00. The summed E-state index contributed by atoms with van der Waals surface area (Å²) in [4.78, 5) is 0. The van der Waals surface area contributed by atoms with Crippen LogP contribution in [0.4, 0.5) is 0 Å². The molecule has 0 bridgehead atoms. The lowest BCUT2D eigenvalue weighted by Gasteiger charge is -2.38. The molecule has 2 aromatic rings. The zero-order chi connectivity index (χ0) is 14.7. The van der Waals surface area contributed by atoms with Crippen LogP contribution in [0.15, 0.2) is 54.6 Å². The van der Waals surface area contributed by atoms with Gasteiger partial charge in [0.2, 0.25) is 0 Å². The van der Waals surface area contributed by atoms with Gasteiger partial charge in [-0.05, 0) is 43.5 Å². The molecule has 2 aromatic carbocycles. The largest absolute Gasteiger partial charge is 0.370 e. The second-order valence-electron chi connectivity index (χ2n) is 6.00. The Bertz CT molecular complexity index is 578. The van der Waals surface area contributed by atoms with E-state index in [2.05, 4.69) is 60.8 Å². The molecule has 1 aliphatic heterocycles. The van der Waals surface area contributed by atoms with E-state index in [-0.39, 0.29) is 5.60 Å². The maximum Gasteiger partial charge on any atom is 0.0918 e. The quantitative estimate of drug-likeness (QED) is 0.919. The fourth-order valence-corrected chi connectivity index (χ4v) is 3.15. The molecule has 1 heterocycles. The number of hydrogen-bond acceptors (Lipinski definition) is 2. The van der Waals surface area contributed by atoms with Crippen molar-refractivity contribution < 1.29 is 4.74 Å². The van der Waals surface area contributed by atoms with Gasteiger partial charge < -0.3 is 10.1 Å². The third kappa shape index (κ3) is 3.02. The van der Waals surface area contributed by atoms with Gasteiger partial charge in [-0.25, -0.2) is 0 Å². The van der Waals surface area contributed by atoms with Crippen molar-refractivity contribution in [2.24, 2.45) is 0 Å². The first-order valence-corrected chi connectivity index (χ1v) is 7.68. The van der Waals surface area contributed by atoms with E-state index in [4.69, 9.17) is 4.74 Å². The van der Waals surface area contributed by atoms with Crippen molar-refractivity contribution in [2.75, 3.05) is 13.7 Å². The van der Waals surface area contributed by atoms with Crippen molar-refractivity contribution in [3.8, 4) is 11.1 Å². The van der Waals surface area contributed by atoms with E-state index in [9.17, 15) is 0 Å². The van der Waals surface area contributed by atoms with E-state index in [1.165, 1.54) is 16.7 Å². The highest BCUT2D eigenvalue weighted by Crippen LogP contribution is 2.35. The van der Waals surface area contributed by atoms with Gasteiger partial charge in [0.1, 0.15) is 0 Å². The van der Waals surface area contributed by atoms with E-state index >= 15 is 0 Å². The lowest BCUT2D eigenvalue weighted by molar-refractivity contribution is -0.0804. The van der Waals surface area contributed by atoms with Gasteiger partial charge in [-0.1, -0.05) is 54.6 Å². The van der Waals surface area contributed by atoms with Crippen LogP contribution in [0.2, 0.25) is 0 Å². The highest BCUT2D eigenvalue weighted by molar-refractivity contribution is 5.63. The van der Waals surface area contributed by atoms with Gasteiger partial charge >= 0.3 is 0 Å². The summed E-state index contributed by atoms with van der Waals surface area (Å²) in [6.45, 7) is 3.02. The van der Waals surface area contributed by atoms with Crippen LogP contribution in [0.1, 0.15) is 25.3 Å². The molecular weight excluding hydrogens is 258 g/mol. The average Bonchev–Trinajstić information content (AvgIpc) is 2.56. The summed E-state index contributed by atoms with van der Waals surface area (Å²) >= 11 is 0. The zero-order valence-corrected chi connectivity index (χ0v) is 12.8. The van der Waals surface area contributed by atoms with E-state index in [1.54, 1.807) is 0 Å². The Morgan fingerprint density at radius 2 is 1.67 bits per heavy atom. The normalized spacial score (nSPS) is 25.7. The fraction of sp³-hybridized carbons (Fsp3) is 0.368. The van der Waals surface area contributed by atoms with Gasteiger partial charge in [-0.15, -0.1) is 0 Å². The van der Waals surface area contributed by atoms with Crippen LogP contribution < -0.4 is 5.32 Å². The topological polar surface area (TPSA) is 21.3 Å². The summed E-state index contributed by atoms with van der Waals surface area (Å²) in [7, 11) is 2.04. The molecule has 2 atom stereocenters. The molecule has 0 aliphatic carbocycles. The van der Waals surface area contributed by atoms with E-state index in [0.717, 1.165) is 19.4 Å². The molecule has 2 nitrogen and oxygen atoms in total. The first-order chi connectivity index (χ1) is 10.2. The van der Waals surface area contributed by atoms with E-state index in [1.807, 2.05) is 13.1 Å². The average molecular weight is 281 g/mol. The summed E-state index contributed by atoms with van der Waals surface area (Å²) in [5, 5.41) is 3.39. The van der Waals surface area contributed by atoms with Crippen LogP contribution in [0.3, 0.4) is 0 Å². The maximum atomic E-state index is 6.09. The Hall–Kier alpha value is -1.64. The van der Waals surface area contributed by atoms with Gasteiger partial charge in [0, 0.05) is 12.6 Å². The van der Waals surface area contributed by atoms with E-state index in [0.29, 0.717) is 6.04 Å². The summed E-state index contributed by atoms with van der Waals surface area (Å²) in [6.07, 6.45) is 2.11. The number of nitrogens with one attached hydrogen (secondary N) is 1. The molecule has 110 valence electrons. The van der Waals surface area contributed by atoms with Crippen molar-refractivity contribution in [2.45, 2.75) is 31.4 Å². The third-order valence-electron chi connectivity index (χ3n) is 4.53. The summed E-state index contributed by atoms with van der Waals surface area (Å²) < 4.78 is 6.09. The van der Waals surface area contributed by atoms with E-state index < -0.39 is 0 Å². The Morgan fingerprint density at radius 3 is 2.33 bits per heavy atom. The molecule has 2 heteroatoms. The number of rotatable bonds is 3. The van der Waals surface area contributed by atoms with Crippen LogP contribution in [0.25, 0.3) is 11.1 Å². The van der Waals surface area contributed by atoms with Crippen LogP contribution in [-0.4, -0.2) is 19.7 Å². The minimum atomic E-state index is -0.179. The lowest BCUT2D eigenvalue weighted by atomic mass is 9.85. The van der Waals surface area contributed by atoms with Crippen LogP contribution in [-0.2, 0) is 10.3 Å². The van der Waals surface area contributed by atoms with Crippen molar-refractivity contribution in [1.29, 1.82) is 0 Å². The van der Waals surface area contributed by atoms with Crippen molar-refractivity contribution in [3.05, 3.63) is 60.2 Å². The molecule has 1 fully saturated rings. The van der Waals surface area contributed by atoms with Crippen LogP contribution in [0, 0.1) is 0 Å². The third-order valence-corrected chi connectivity index (χ3v) is 4.53. The monoisotopic (exact) mass is 281 g/mol. The molecule has 2 unspecified atom stereocenters. The van der Waals surface area contributed by atoms with Crippen molar-refractivity contribution >= 4 is 0 Å². The van der Waals surface area contributed by atoms with Crippen molar-refractivity contribution in [3.63, 3.8) is 0 Å². The SMILES string of the molecule is CNC1CCOC(C)(c2ccc(-c3ccccc3)cc2)C1. The zero-order valence-electron chi connectivity index (χ0n) is 12.8. The highest BCUT2D eigenvalue weighted by Gasteiger charge is 2.34. The first kappa shape index (κ1) is 14.3. The Kier molecular flexibility index (Phi) is 4.09. The molecule has 0 aromatic heterocycles. The van der Waals surface area contributed by atoms with Crippen molar-refractivity contribution in [1.82, 2.24) is 5.32 Å². The molecule has 21 heavy (non-hydrogen) atoms. The summed E-state index contributed by atoms with van der Waals surface area (Å²) in [5.41, 5.74) is 3.60.